The van der Waals surface area contributed by atoms with Gasteiger partial charge >= 0.3 is 0 Å². The lowest BCUT2D eigenvalue weighted by Crippen LogP contribution is -2.35. The Morgan fingerprint density at radius 3 is 2.86 bits per heavy atom. The van der Waals surface area contributed by atoms with Crippen LogP contribution in [-0.4, -0.2) is 31.8 Å². The average molecular weight is 289 g/mol. The lowest BCUT2D eigenvalue weighted by Gasteiger charge is -2.07. The number of carbonyl (C=O) groups excluding carboxylic acids is 1. The van der Waals surface area contributed by atoms with Crippen LogP contribution < -0.4 is 16.4 Å². The standard InChI is InChI=1S/C13H15N5O3/c1-10-7-13(21)17(9-15-10)8-11(19)14-5-6-18-12(20)3-2-4-16-18/h2-4,7,9H,5-6,8H2,1H3,(H,14,19). The maximum absolute atomic E-state index is 11.7. The van der Waals surface area contributed by atoms with E-state index in [1.165, 1.54) is 33.9 Å². The van der Waals surface area contributed by atoms with Gasteiger partial charge in [0, 0.05) is 30.6 Å². The fourth-order valence-electron chi connectivity index (χ4n) is 1.70. The molecule has 0 aliphatic carbocycles. The molecule has 0 aliphatic rings. The lowest BCUT2D eigenvalue weighted by molar-refractivity contribution is -0.121. The second-order valence-electron chi connectivity index (χ2n) is 4.43. The lowest BCUT2D eigenvalue weighted by atomic mass is 10.4. The number of amides is 1. The van der Waals surface area contributed by atoms with Crippen LogP contribution in [0.25, 0.3) is 0 Å². The number of hydrogen-bond donors (Lipinski definition) is 1. The molecule has 2 rings (SSSR count). The van der Waals surface area contributed by atoms with Gasteiger partial charge in [-0.25, -0.2) is 9.67 Å². The van der Waals surface area contributed by atoms with Crippen LogP contribution in [-0.2, 0) is 17.9 Å². The monoisotopic (exact) mass is 289 g/mol. The van der Waals surface area contributed by atoms with Gasteiger partial charge in [0.15, 0.2) is 0 Å². The number of aryl methyl sites for hydroxylation is 1. The van der Waals surface area contributed by atoms with Gasteiger partial charge in [-0.2, -0.15) is 5.10 Å². The number of carbonyl (C=O) groups is 1. The topological polar surface area (TPSA) is 98.9 Å². The van der Waals surface area contributed by atoms with E-state index in [4.69, 9.17) is 0 Å². The summed E-state index contributed by atoms with van der Waals surface area (Å²) in [5, 5.41) is 6.49. The first-order valence-electron chi connectivity index (χ1n) is 6.38. The zero-order valence-electron chi connectivity index (χ0n) is 11.5. The summed E-state index contributed by atoms with van der Waals surface area (Å²) in [5.41, 5.74) is 0.0930. The molecule has 110 valence electrons. The van der Waals surface area contributed by atoms with E-state index in [1.54, 1.807) is 13.0 Å². The SMILES string of the molecule is Cc1cc(=O)n(CC(=O)NCCn2ncccc2=O)cn1. The maximum atomic E-state index is 11.7. The molecule has 0 aromatic carbocycles. The van der Waals surface area contributed by atoms with Crippen molar-refractivity contribution in [1.82, 2.24) is 24.6 Å². The van der Waals surface area contributed by atoms with Crippen LogP contribution in [0.2, 0.25) is 0 Å². The molecule has 0 radical (unpaired) electrons. The first-order chi connectivity index (χ1) is 10.1. The van der Waals surface area contributed by atoms with Crippen molar-refractivity contribution in [3.8, 4) is 0 Å². The van der Waals surface area contributed by atoms with Crippen molar-refractivity contribution >= 4 is 5.91 Å². The van der Waals surface area contributed by atoms with Crippen molar-refractivity contribution in [2.75, 3.05) is 6.54 Å². The number of hydrogen-bond acceptors (Lipinski definition) is 5. The molecule has 1 N–H and O–H groups in total. The molecule has 21 heavy (non-hydrogen) atoms. The predicted molar refractivity (Wildman–Crippen MR) is 74.7 cm³/mol. The Morgan fingerprint density at radius 1 is 1.33 bits per heavy atom. The highest BCUT2D eigenvalue weighted by atomic mass is 16.2. The third kappa shape index (κ3) is 4.10. The smallest absolute Gasteiger partial charge is 0.266 e. The molecule has 0 unspecified atom stereocenters. The molecule has 2 aromatic heterocycles. The molecule has 2 aromatic rings. The van der Waals surface area contributed by atoms with E-state index in [2.05, 4.69) is 15.4 Å². The molecule has 0 bridgehead atoms. The number of rotatable bonds is 5. The Balaban J connectivity index is 1.87. The summed E-state index contributed by atoms with van der Waals surface area (Å²) in [6, 6.07) is 4.31. The molecule has 0 fully saturated rings. The Labute approximate surface area is 120 Å². The highest BCUT2D eigenvalue weighted by molar-refractivity contribution is 5.75. The van der Waals surface area contributed by atoms with Crippen LogP contribution in [0.3, 0.4) is 0 Å². The third-order valence-electron chi connectivity index (χ3n) is 2.76. The van der Waals surface area contributed by atoms with Crippen LogP contribution in [0.4, 0.5) is 0 Å². The predicted octanol–water partition coefficient (Wildman–Crippen LogP) is -1.08. The van der Waals surface area contributed by atoms with Crippen LogP contribution >= 0.6 is 0 Å². The summed E-state index contributed by atoms with van der Waals surface area (Å²) >= 11 is 0. The van der Waals surface area contributed by atoms with E-state index in [-0.39, 0.29) is 36.7 Å². The van der Waals surface area contributed by atoms with Gasteiger partial charge in [0.25, 0.3) is 11.1 Å². The summed E-state index contributed by atoms with van der Waals surface area (Å²) in [6.45, 7) is 2.12. The molecule has 0 aliphatic heterocycles. The minimum atomic E-state index is -0.327. The van der Waals surface area contributed by atoms with Gasteiger partial charge < -0.3 is 5.32 Å². The van der Waals surface area contributed by atoms with Gasteiger partial charge in [0.2, 0.25) is 5.91 Å². The molecule has 0 saturated carbocycles. The quantitative estimate of drug-likeness (QED) is 0.755. The van der Waals surface area contributed by atoms with Gasteiger partial charge in [-0.15, -0.1) is 0 Å². The third-order valence-corrected chi connectivity index (χ3v) is 2.76. The largest absolute Gasteiger partial charge is 0.353 e. The van der Waals surface area contributed by atoms with Crippen LogP contribution in [0.15, 0.2) is 40.3 Å². The van der Waals surface area contributed by atoms with Crippen LogP contribution in [0, 0.1) is 6.92 Å². The summed E-state index contributed by atoms with van der Waals surface area (Å²) in [6.07, 6.45) is 2.83. The summed E-state index contributed by atoms with van der Waals surface area (Å²) in [5.74, 6) is -0.327. The van der Waals surface area contributed by atoms with E-state index < -0.39 is 0 Å². The first-order valence-corrected chi connectivity index (χ1v) is 6.38. The fourth-order valence-corrected chi connectivity index (χ4v) is 1.70. The summed E-state index contributed by atoms with van der Waals surface area (Å²) in [4.78, 5) is 38.7. The van der Waals surface area contributed by atoms with E-state index in [0.29, 0.717) is 5.69 Å². The molecular weight excluding hydrogens is 274 g/mol. The van der Waals surface area contributed by atoms with Gasteiger partial charge in [0.1, 0.15) is 6.54 Å². The van der Waals surface area contributed by atoms with Crippen LogP contribution in [0.5, 0.6) is 0 Å². The number of aromatic nitrogens is 4. The van der Waals surface area contributed by atoms with Crippen molar-refractivity contribution in [3.63, 3.8) is 0 Å². The van der Waals surface area contributed by atoms with Crippen molar-refractivity contribution < 1.29 is 4.79 Å². The molecule has 0 saturated heterocycles. The van der Waals surface area contributed by atoms with E-state index in [0.717, 1.165) is 0 Å². The number of nitrogens with one attached hydrogen (secondary N) is 1. The number of nitrogens with zero attached hydrogens (tertiary/aromatic N) is 4. The van der Waals surface area contributed by atoms with Crippen molar-refractivity contribution in [1.29, 1.82) is 0 Å². The highest BCUT2D eigenvalue weighted by Gasteiger charge is 2.05. The molecule has 2 heterocycles. The van der Waals surface area contributed by atoms with Gasteiger partial charge in [0.05, 0.1) is 12.9 Å². The van der Waals surface area contributed by atoms with Crippen LogP contribution in [0.1, 0.15) is 5.69 Å². The first kappa shape index (κ1) is 14.6. The summed E-state index contributed by atoms with van der Waals surface area (Å²) < 4.78 is 2.47. The Bertz CT molecular complexity index is 750. The van der Waals surface area contributed by atoms with Crippen molar-refractivity contribution in [3.05, 3.63) is 57.1 Å². The van der Waals surface area contributed by atoms with Gasteiger partial charge in [-0.3, -0.25) is 19.0 Å². The second-order valence-corrected chi connectivity index (χ2v) is 4.43. The second kappa shape index (κ2) is 6.60. The molecule has 0 atom stereocenters. The zero-order chi connectivity index (χ0) is 15.2. The van der Waals surface area contributed by atoms with Gasteiger partial charge in [-0.05, 0) is 13.0 Å². The van der Waals surface area contributed by atoms with E-state index in [1.807, 2.05) is 0 Å². The van der Waals surface area contributed by atoms with E-state index >= 15 is 0 Å². The van der Waals surface area contributed by atoms with Gasteiger partial charge in [-0.1, -0.05) is 0 Å². The molecule has 1 amide bonds. The summed E-state index contributed by atoms with van der Waals surface area (Å²) in [7, 11) is 0. The fraction of sp³-hybridized carbons (Fsp3) is 0.308. The minimum absolute atomic E-state index is 0.108. The normalized spacial score (nSPS) is 10.3. The zero-order valence-corrected chi connectivity index (χ0v) is 11.5. The Kier molecular flexibility index (Phi) is 4.60. The maximum Gasteiger partial charge on any atom is 0.266 e. The Hall–Kier alpha value is -2.77. The van der Waals surface area contributed by atoms with Crippen molar-refractivity contribution in [2.24, 2.45) is 0 Å². The highest BCUT2D eigenvalue weighted by Crippen LogP contribution is 1.85. The minimum Gasteiger partial charge on any atom is -0.353 e. The molecule has 8 heteroatoms. The van der Waals surface area contributed by atoms with Crippen molar-refractivity contribution in [2.45, 2.75) is 20.0 Å². The molecular formula is C13H15N5O3. The Morgan fingerprint density at radius 2 is 2.14 bits per heavy atom. The average Bonchev–Trinajstić information content (AvgIpc) is 2.44. The molecule has 0 spiro atoms. The molecule has 8 nitrogen and oxygen atoms in total. The van der Waals surface area contributed by atoms with E-state index in [9.17, 15) is 14.4 Å².